The normalized spacial score (nSPS) is 11.3. The Morgan fingerprint density at radius 1 is 0.593 bits per heavy atom. The average molecular weight is 381 g/mol. The number of hydrogen-bond donors (Lipinski definition) is 0. The van der Waals surface area contributed by atoms with E-state index in [1.165, 1.54) is 96.3 Å². The van der Waals surface area contributed by atoms with Gasteiger partial charge in [-0.3, -0.25) is 0 Å². The predicted octanol–water partition coefficient (Wildman–Crippen LogP) is 8.54. The van der Waals surface area contributed by atoms with Crippen LogP contribution >= 0.6 is 0 Å². The van der Waals surface area contributed by atoms with E-state index < -0.39 is 0 Å². The quantitative estimate of drug-likeness (QED) is 0.113. The minimum atomic E-state index is -0.174. The Morgan fingerprint density at radius 2 is 1.00 bits per heavy atom. The van der Waals surface area contributed by atoms with E-state index in [2.05, 4.69) is 13.8 Å². The fourth-order valence-corrected chi connectivity index (χ4v) is 3.39. The van der Waals surface area contributed by atoms with Crippen molar-refractivity contribution in [3.63, 3.8) is 0 Å². The summed E-state index contributed by atoms with van der Waals surface area (Å²) in [5, 5.41) is 0. The molecule has 0 bridgehead atoms. The smallest absolute Gasteiger partial charge is 0.330 e. The van der Waals surface area contributed by atoms with Gasteiger partial charge < -0.3 is 4.74 Å². The lowest BCUT2D eigenvalue weighted by molar-refractivity contribution is -0.137. The maximum absolute atomic E-state index is 11.5. The maximum atomic E-state index is 11.5. The Kier molecular flexibility index (Phi) is 22.6. The molecular weight excluding hydrogens is 332 g/mol. The van der Waals surface area contributed by atoms with E-state index in [0.29, 0.717) is 6.61 Å². The van der Waals surface area contributed by atoms with Crippen LogP contribution in [0, 0.1) is 0 Å². The third-order valence-corrected chi connectivity index (χ3v) is 5.22. The molecule has 160 valence electrons. The summed E-state index contributed by atoms with van der Waals surface area (Å²) in [5.41, 5.74) is 0. The highest BCUT2D eigenvalue weighted by Gasteiger charge is 1.96. The molecule has 0 saturated carbocycles. The zero-order chi connectivity index (χ0) is 19.8. The number of unbranched alkanes of at least 4 members (excludes halogenated alkanes) is 17. The SMILES string of the molecule is CCCCCCCCCCCCCCCCCC=CC(=O)OCCCCC. The number of allylic oxidation sites excluding steroid dienone is 1. The van der Waals surface area contributed by atoms with Gasteiger partial charge in [-0.25, -0.2) is 4.79 Å². The van der Waals surface area contributed by atoms with Crippen LogP contribution in [0.4, 0.5) is 0 Å². The summed E-state index contributed by atoms with van der Waals surface area (Å²) >= 11 is 0. The van der Waals surface area contributed by atoms with Crippen LogP contribution in [-0.4, -0.2) is 12.6 Å². The van der Waals surface area contributed by atoms with Crippen LogP contribution in [0.1, 0.15) is 136 Å². The first-order valence-electron chi connectivity index (χ1n) is 12.1. The Hall–Kier alpha value is -0.790. The number of carbonyl (C=O) groups excluding carboxylic acids is 1. The molecule has 0 atom stereocenters. The Labute approximate surface area is 170 Å². The van der Waals surface area contributed by atoms with Crippen LogP contribution in [0.3, 0.4) is 0 Å². The van der Waals surface area contributed by atoms with Gasteiger partial charge in [0, 0.05) is 6.08 Å². The van der Waals surface area contributed by atoms with Gasteiger partial charge in [-0.1, -0.05) is 123 Å². The van der Waals surface area contributed by atoms with E-state index in [-0.39, 0.29) is 5.97 Å². The third-order valence-electron chi connectivity index (χ3n) is 5.22. The topological polar surface area (TPSA) is 26.3 Å². The van der Waals surface area contributed by atoms with Crippen molar-refractivity contribution in [3.8, 4) is 0 Å². The molecule has 0 aliphatic heterocycles. The van der Waals surface area contributed by atoms with Gasteiger partial charge in [0.25, 0.3) is 0 Å². The summed E-state index contributed by atoms with van der Waals surface area (Å²) < 4.78 is 5.15. The molecule has 0 unspecified atom stereocenters. The second-order valence-corrected chi connectivity index (χ2v) is 8.02. The fourth-order valence-electron chi connectivity index (χ4n) is 3.39. The van der Waals surface area contributed by atoms with Crippen LogP contribution in [0.15, 0.2) is 12.2 Å². The lowest BCUT2D eigenvalue weighted by atomic mass is 10.0. The minimum Gasteiger partial charge on any atom is -0.463 e. The average Bonchev–Trinajstić information content (AvgIpc) is 2.67. The van der Waals surface area contributed by atoms with Crippen molar-refractivity contribution in [2.24, 2.45) is 0 Å². The van der Waals surface area contributed by atoms with Crippen molar-refractivity contribution >= 4 is 5.97 Å². The van der Waals surface area contributed by atoms with E-state index in [0.717, 1.165) is 25.7 Å². The number of carbonyl (C=O) groups is 1. The van der Waals surface area contributed by atoms with Crippen LogP contribution in [0.5, 0.6) is 0 Å². The molecule has 0 rings (SSSR count). The zero-order valence-corrected chi connectivity index (χ0v) is 18.6. The molecule has 0 aromatic rings. The number of hydrogen-bond acceptors (Lipinski definition) is 2. The van der Waals surface area contributed by atoms with Gasteiger partial charge in [0.1, 0.15) is 0 Å². The molecule has 0 heterocycles. The van der Waals surface area contributed by atoms with Crippen LogP contribution in [-0.2, 0) is 9.53 Å². The van der Waals surface area contributed by atoms with Crippen LogP contribution in [0.2, 0.25) is 0 Å². The molecule has 0 spiro atoms. The van der Waals surface area contributed by atoms with Crippen LogP contribution < -0.4 is 0 Å². The van der Waals surface area contributed by atoms with Crippen molar-refractivity contribution in [3.05, 3.63) is 12.2 Å². The number of esters is 1. The lowest BCUT2D eigenvalue weighted by Gasteiger charge is -2.03. The molecule has 0 saturated heterocycles. The van der Waals surface area contributed by atoms with Gasteiger partial charge in [0.05, 0.1) is 6.61 Å². The monoisotopic (exact) mass is 380 g/mol. The molecule has 2 nitrogen and oxygen atoms in total. The molecule has 0 aromatic carbocycles. The van der Waals surface area contributed by atoms with E-state index in [1.54, 1.807) is 6.08 Å². The highest BCUT2D eigenvalue weighted by atomic mass is 16.5. The van der Waals surface area contributed by atoms with Crippen LogP contribution in [0.25, 0.3) is 0 Å². The Bertz CT molecular complexity index is 322. The van der Waals surface area contributed by atoms with E-state index >= 15 is 0 Å². The van der Waals surface area contributed by atoms with Gasteiger partial charge in [0.2, 0.25) is 0 Å². The van der Waals surface area contributed by atoms with Crippen molar-refractivity contribution in [1.82, 2.24) is 0 Å². The van der Waals surface area contributed by atoms with Crippen molar-refractivity contribution in [1.29, 1.82) is 0 Å². The molecule has 27 heavy (non-hydrogen) atoms. The van der Waals surface area contributed by atoms with Gasteiger partial charge in [0.15, 0.2) is 0 Å². The lowest BCUT2D eigenvalue weighted by Crippen LogP contribution is -2.01. The first-order chi connectivity index (χ1) is 13.3. The molecule has 0 aromatic heterocycles. The minimum absolute atomic E-state index is 0.174. The summed E-state index contributed by atoms with van der Waals surface area (Å²) in [7, 11) is 0. The summed E-state index contributed by atoms with van der Waals surface area (Å²) in [6.45, 7) is 5.00. The fraction of sp³-hybridized carbons (Fsp3) is 0.880. The first kappa shape index (κ1) is 26.2. The summed E-state index contributed by atoms with van der Waals surface area (Å²) in [4.78, 5) is 11.5. The predicted molar refractivity (Wildman–Crippen MR) is 119 cm³/mol. The van der Waals surface area contributed by atoms with Gasteiger partial charge in [-0.2, -0.15) is 0 Å². The van der Waals surface area contributed by atoms with Crippen molar-refractivity contribution in [2.75, 3.05) is 6.61 Å². The van der Waals surface area contributed by atoms with Crippen molar-refractivity contribution < 1.29 is 9.53 Å². The standard InChI is InChI=1S/C25H48O2/c1-3-5-7-8-9-10-11-12-13-14-15-16-17-18-19-20-21-23-25(26)27-24-22-6-4-2/h21,23H,3-20,22,24H2,1-2H3. The Morgan fingerprint density at radius 3 is 1.48 bits per heavy atom. The maximum Gasteiger partial charge on any atom is 0.330 e. The van der Waals surface area contributed by atoms with E-state index in [4.69, 9.17) is 4.74 Å². The highest BCUT2D eigenvalue weighted by Crippen LogP contribution is 2.13. The molecule has 0 amide bonds. The van der Waals surface area contributed by atoms with Gasteiger partial charge in [-0.05, 0) is 19.3 Å². The molecule has 0 fully saturated rings. The molecule has 0 aliphatic rings. The molecular formula is C25H48O2. The van der Waals surface area contributed by atoms with E-state index in [1.807, 2.05) is 6.08 Å². The molecule has 0 radical (unpaired) electrons. The van der Waals surface area contributed by atoms with Gasteiger partial charge in [-0.15, -0.1) is 0 Å². The van der Waals surface area contributed by atoms with Gasteiger partial charge >= 0.3 is 5.97 Å². The number of rotatable bonds is 21. The molecule has 0 aliphatic carbocycles. The zero-order valence-electron chi connectivity index (χ0n) is 18.6. The summed E-state index contributed by atoms with van der Waals surface area (Å²) in [6.07, 6.45) is 28.7. The molecule has 0 N–H and O–H groups in total. The largest absolute Gasteiger partial charge is 0.463 e. The highest BCUT2D eigenvalue weighted by molar-refractivity contribution is 5.81. The number of ether oxygens (including phenoxy) is 1. The first-order valence-corrected chi connectivity index (χ1v) is 12.1. The Balaban J connectivity index is 3.16. The van der Waals surface area contributed by atoms with E-state index in [9.17, 15) is 4.79 Å². The van der Waals surface area contributed by atoms with Crippen molar-refractivity contribution in [2.45, 2.75) is 136 Å². The summed E-state index contributed by atoms with van der Waals surface area (Å²) in [5.74, 6) is -0.174. The third kappa shape index (κ3) is 23.2. The second kappa shape index (κ2) is 23.2. The second-order valence-electron chi connectivity index (χ2n) is 8.02. The summed E-state index contributed by atoms with van der Waals surface area (Å²) in [6, 6.07) is 0. The molecule has 2 heteroatoms.